The molecule has 1 saturated heterocycles. The lowest BCUT2D eigenvalue weighted by Gasteiger charge is -2.31. The third kappa shape index (κ3) is 7.92. The number of carboxylic acids is 2. The maximum absolute atomic E-state index is 11.9. The number of nitrogens with one attached hydrogen (secondary N) is 2. The average molecular weight is 700 g/mol. The van der Waals surface area contributed by atoms with Crippen LogP contribution >= 0.6 is 31.9 Å². The Balaban J connectivity index is 0.000000153. The summed E-state index contributed by atoms with van der Waals surface area (Å²) in [4.78, 5) is 55.5. The Morgan fingerprint density at radius 2 is 1.52 bits per heavy atom. The number of urea groups is 1. The van der Waals surface area contributed by atoms with Gasteiger partial charge in [0.1, 0.15) is 11.3 Å². The highest BCUT2D eigenvalue weighted by Gasteiger charge is 2.47. The number of aromatic carboxylic acids is 1. The van der Waals surface area contributed by atoms with Gasteiger partial charge in [-0.1, -0.05) is 56.1 Å². The first-order valence-electron chi connectivity index (χ1n) is 13.2. The van der Waals surface area contributed by atoms with Gasteiger partial charge >= 0.3 is 18.0 Å². The molecule has 2 aliphatic carbocycles. The number of aliphatic carboxylic acids is 1. The van der Waals surface area contributed by atoms with Crippen LogP contribution in [0.4, 0.5) is 4.79 Å². The molecule has 1 heterocycles. The van der Waals surface area contributed by atoms with Crippen LogP contribution in [0.1, 0.15) is 51.0 Å². The van der Waals surface area contributed by atoms with E-state index in [2.05, 4.69) is 48.6 Å². The molecule has 0 bridgehead atoms. The molecule has 11 heteroatoms. The van der Waals surface area contributed by atoms with Crippen LogP contribution in [-0.2, 0) is 46.5 Å². The highest BCUT2D eigenvalue weighted by Crippen LogP contribution is 2.31. The zero-order chi connectivity index (χ0) is 30.4. The number of fused-ring (bicyclic) bond motifs is 2. The van der Waals surface area contributed by atoms with Crippen molar-refractivity contribution in [3.63, 3.8) is 0 Å². The number of amides is 3. The van der Waals surface area contributed by atoms with Gasteiger partial charge in [-0.2, -0.15) is 0 Å². The molecule has 0 radical (unpaired) electrons. The molecular weight excluding hydrogens is 672 g/mol. The van der Waals surface area contributed by atoms with Gasteiger partial charge in [0.05, 0.1) is 12.0 Å². The van der Waals surface area contributed by atoms with Gasteiger partial charge in [0.2, 0.25) is 0 Å². The molecule has 4 N–H and O–H groups in total. The Morgan fingerprint density at radius 3 is 2.19 bits per heavy atom. The normalized spacial score (nSPS) is 18.3. The van der Waals surface area contributed by atoms with Crippen molar-refractivity contribution in [3.05, 3.63) is 103 Å². The molecule has 218 valence electrons. The van der Waals surface area contributed by atoms with E-state index in [0.717, 1.165) is 32.1 Å². The van der Waals surface area contributed by atoms with Crippen molar-refractivity contribution in [3.8, 4) is 0 Å². The number of hydrogen-bond donors (Lipinski definition) is 4. The molecule has 3 amide bonds. The minimum atomic E-state index is -0.998. The number of carbonyl (C=O) groups is 5. The second-order valence-corrected chi connectivity index (χ2v) is 12.1. The largest absolute Gasteiger partial charge is 0.481 e. The van der Waals surface area contributed by atoms with Crippen LogP contribution in [0.3, 0.4) is 0 Å². The van der Waals surface area contributed by atoms with Gasteiger partial charge in [-0.15, -0.1) is 0 Å². The van der Waals surface area contributed by atoms with Crippen molar-refractivity contribution in [1.82, 2.24) is 10.6 Å². The van der Waals surface area contributed by atoms with Crippen LogP contribution in [0.15, 0.2) is 69.6 Å². The van der Waals surface area contributed by atoms with Gasteiger partial charge in [0.15, 0.2) is 0 Å². The monoisotopic (exact) mass is 698 g/mol. The number of halogens is 2. The molecule has 42 heavy (non-hydrogen) atoms. The number of benzene rings is 3. The lowest BCUT2D eigenvalue weighted by molar-refractivity contribution is -0.136. The average Bonchev–Trinajstić information content (AvgIpc) is 3.19. The van der Waals surface area contributed by atoms with E-state index in [0.29, 0.717) is 37.9 Å². The van der Waals surface area contributed by atoms with Crippen molar-refractivity contribution < 1.29 is 34.2 Å². The number of carbonyl (C=O) groups excluding carboxylic acids is 3. The molecule has 1 spiro atoms. The minimum Gasteiger partial charge on any atom is -0.481 e. The summed E-state index contributed by atoms with van der Waals surface area (Å²) in [6.07, 6.45) is 3.85. The fraction of sp³-hybridized carbons (Fsp3) is 0.258. The lowest BCUT2D eigenvalue weighted by atomic mass is 9.77. The summed E-state index contributed by atoms with van der Waals surface area (Å²) in [5.74, 6) is -1.77. The Kier molecular flexibility index (Phi) is 9.95. The van der Waals surface area contributed by atoms with E-state index in [-0.39, 0.29) is 17.9 Å². The molecule has 3 aromatic rings. The van der Waals surface area contributed by atoms with Crippen LogP contribution in [-0.4, -0.2) is 45.4 Å². The summed E-state index contributed by atoms with van der Waals surface area (Å²) in [7, 11) is 0. The zero-order valence-electron chi connectivity index (χ0n) is 22.4. The lowest BCUT2D eigenvalue weighted by Crippen LogP contribution is -2.51. The van der Waals surface area contributed by atoms with Crippen molar-refractivity contribution >= 4 is 61.5 Å². The van der Waals surface area contributed by atoms with E-state index in [1.54, 1.807) is 30.3 Å². The molecule has 1 aliphatic heterocycles. The number of carboxylic acid groups (broad SMARTS) is 2. The Hall–Kier alpha value is -3.83. The van der Waals surface area contributed by atoms with Crippen molar-refractivity contribution in [1.29, 1.82) is 0 Å². The minimum absolute atomic E-state index is 0.0828. The molecule has 0 saturated carbocycles. The first kappa shape index (κ1) is 31.1. The number of ketones is 1. The topological polar surface area (TPSA) is 150 Å². The predicted octanol–water partition coefficient (Wildman–Crippen LogP) is 5.03. The molecule has 9 nitrogen and oxygen atoms in total. The molecule has 3 aliphatic rings. The van der Waals surface area contributed by atoms with Gasteiger partial charge in [-0.3, -0.25) is 19.7 Å². The summed E-state index contributed by atoms with van der Waals surface area (Å²) in [6, 6.07) is 17.9. The summed E-state index contributed by atoms with van der Waals surface area (Å²) >= 11 is 6.66. The van der Waals surface area contributed by atoms with Crippen LogP contribution in [0.5, 0.6) is 0 Å². The SMILES string of the molecule is O=C(O)Cc1cccc(Br)c1.O=C1CCc2ccc(Br)cc2C1.O=C1NC(=O)C2(CCc3ccc(C(=O)O)cc3C2)N1. The summed E-state index contributed by atoms with van der Waals surface area (Å²) < 4.78 is 1.98. The van der Waals surface area contributed by atoms with Crippen molar-refractivity contribution in [2.75, 3.05) is 0 Å². The summed E-state index contributed by atoms with van der Waals surface area (Å²) in [6.45, 7) is 0. The van der Waals surface area contributed by atoms with Gasteiger partial charge in [0, 0.05) is 28.2 Å². The smallest absolute Gasteiger partial charge is 0.335 e. The second kappa shape index (κ2) is 13.4. The van der Waals surface area contributed by atoms with Gasteiger partial charge in [-0.25, -0.2) is 9.59 Å². The molecule has 1 fully saturated rings. The molecular formula is C31H28Br2N2O7. The van der Waals surface area contributed by atoms with Crippen molar-refractivity contribution in [2.45, 2.75) is 50.5 Å². The fourth-order valence-corrected chi connectivity index (χ4v) is 6.01. The number of rotatable bonds is 3. The first-order chi connectivity index (χ1) is 19.9. The van der Waals surface area contributed by atoms with E-state index in [4.69, 9.17) is 10.2 Å². The molecule has 0 aromatic heterocycles. The number of Topliss-reactive ketones (excluding diaryl/α,β-unsaturated/α-hetero) is 1. The first-order valence-corrected chi connectivity index (χ1v) is 14.8. The molecule has 1 unspecified atom stereocenters. The number of aryl methyl sites for hydroxylation is 2. The van der Waals surface area contributed by atoms with E-state index in [1.165, 1.54) is 11.1 Å². The summed E-state index contributed by atoms with van der Waals surface area (Å²) in [5, 5.41) is 22.3. The maximum Gasteiger partial charge on any atom is 0.335 e. The predicted molar refractivity (Wildman–Crippen MR) is 161 cm³/mol. The maximum atomic E-state index is 11.9. The molecule has 6 rings (SSSR count). The summed E-state index contributed by atoms with van der Waals surface area (Å²) in [5.41, 5.74) is 4.46. The second-order valence-electron chi connectivity index (χ2n) is 10.3. The van der Waals surface area contributed by atoms with Gasteiger partial charge < -0.3 is 15.5 Å². The van der Waals surface area contributed by atoms with Crippen molar-refractivity contribution in [2.24, 2.45) is 0 Å². The Bertz CT molecular complexity index is 1570. The fourth-order valence-electron chi connectivity index (χ4n) is 5.16. The van der Waals surface area contributed by atoms with Gasteiger partial charge in [0.25, 0.3) is 5.91 Å². The third-order valence-corrected chi connectivity index (χ3v) is 8.24. The van der Waals surface area contributed by atoms with E-state index >= 15 is 0 Å². The molecule has 3 aromatic carbocycles. The van der Waals surface area contributed by atoms with Crippen LogP contribution in [0, 0.1) is 0 Å². The van der Waals surface area contributed by atoms with Crippen LogP contribution in [0.25, 0.3) is 0 Å². The zero-order valence-corrected chi connectivity index (χ0v) is 25.6. The van der Waals surface area contributed by atoms with E-state index < -0.39 is 23.5 Å². The number of hydrogen-bond acceptors (Lipinski definition) is 5. The Morgan fingerprint density at radius 1 is 0.810 bits per heavy atom. The quantitative estimate of drug-likeness (QED) is 0.280. The highest BCUT2D eigenvalue weighted by molar-refractivity contribution is 9.10. The van der Waals surface area contributed by atoms with Gasteiger partial charge in [-0.05, 0) is 83.5 Å². The van der Waals surface area contributed by atoms with Crippen LogP contribution in [0.2, 0.25) is 0 Å². The molecule has 1 atom stereocenters. The van der Waals surface area contributed by atoms with E-state index in [9.17, 15) is 24.0 Å². The third-order valence-electron chi connectivity index (χ3n) is 7.25. The van der Waals surface area contributed by atoms with Crippen LogP contribution < -0.4 is 10.6 Å². The highest BCUT2D eigenvalue weighted by atomic mass is 79.9. The Labute approximate surface area is 259 Å². The van der Waals surface area contributed by atoms with E-state index in [1.807, 2.05) is 24.3 Å². The number of imide groups is 1. The standard InChI is InChI=1S/C13H12N2O4.C10H9BrO.C8H7BrO2/c16-10(17)8-2-1-7-3-4-13(6-9(7)5-8)11(18)14-12(19)15-13;11-9-3-1-7-2-4-10(12)6-8(7)5-9;9-7-3-1-2-6(4-7)5-8(10)11/h1-2,5H,3-4,6H2,(H,16,17)(H2,14,15,18,19);1,3,5H,2,4,6H2;1-4H,5H2,(H,10,11).